The maximum atomic E-state index is 10.7. The first-order valence-corrected chi connectivity index (χ1v) is 4.97. The van der Waals surface area contributed by atoms with Gasteiger partial charge in [-0.05, 0) is 20.8 Å². The minimum atomic E-state index is -0.297. The number of aryl methyl sites for hydroxylation is 2. The molecule has 0 radical (unpaired) electrons. The van der Waals surface area contributed by atoms with E-state index in [-0.39, 0.29) is 11.9 Å². The zero-order valence-corrected chi connectivity index (χ0v) is 9.66. The molecule has 0 fully saturated rings. The van der Waals surface area contributed by atoms with Gasteiger partial charge in [-0.15, -0.1) is 0 Å². The first-order chi connectivity index (χ1) is 6.91. The molecule has 84 valence electrons. The second-order valence-corrected chi connectivity index (χ2v) is 3.89. The van der Waals surface area contributed by atoms with Gasteiger partial charge in [0, 0.05) is 19.5 Å². The first kappa shape index (κ1) is 11.6. The second kappa shape index (κ2) is 4.33. The average molecular weight is 210 g/mol. The third-order valence-corrected chi connectivity index (χ3v) is 2.41. The van der Waals surface area contributed by atoms with Gasteiger partial charge in [0.1, 0.15) is 0 Å². The Hall–Kier alpha value is -1.52. The summed E-state index contributed by atoms with van der Waals surface area (Å²) >= 11 is 0. The normalized spacial score (nSPS) is 12.5. The summed E-state index contributed by atoms with van der Waals surface area (Å²) in [5.74, 6) is -0.297. The number of hydrogen-bond acceptors (Lipinski definition) is 3. The number of amides is 1. The van der Waals surface area contributed by atoms with Gasteiger partial charge in [0.15, 0.2) is 0 Å². The van der Waals surface area contributed by atoms with E-state index in [1.54, 1.807) is 0 Å². The molecule has 1 aromatic rings. The minimum Gasteiger partial charge on any atom is -0.379 e. The molecular formula is C10H18N4O. The molecule has 5 nitrogen and oxygen atoms in total. The number of carbonyl (C=O) groups excluding carboxylic acids is 1. The fourth-order valence-electron chi connectivity index (χ4n) is 1.58. The van der Waals surface area contributed by atoms with Crippen molar-refractivity contribution >= 4 is 11.6 Å². The van der Waals surface area contributed by atoms with E-state index in [4.69, 9.17) is 5.73 Å². The molecule has 1 rings (SSSR count). The van der Waals surface area contributed by atoms with Gasteiger partial charge in [0.25, 0.3) is 0 Å². The van der Waals surface area contributed by atoms with E-state index in [1.807, 2.05) is 32.5 Å². The van der Waals surface area contributed by atoms with Crippen LogP contribution in [0.3, 0.4) is 0 Å². The smallest absolute Gasteiger partial charge is 0.219 e. The lowest BCUT2D eigenvalue weighted by atomic mass is 10.2. The highest BCUT2D eigenvalue weighted by Crippen LogP contribution is 2.19. The summed E-state index contributed by atoms with van der Waals surface area (Å²) < 4.78 is 1.81. The molecule has 0 saturated carbocycles. The third-order valence-electron chi connectivity index (χ3n) is 2.41. The summed E-state index contributed by atoms with van der Waals surface area (Å²) in [6.45, 7) is 5.85. The number of nitrogens with two attached hydrogens (primary N) is 1. The molecule has 3 N–H and O–H groups in total. The molecule has 1 unspecified atom stereocenters. The Morgan fingerprint density at radius 1 is 1.60 bits per heavy atom. The summed E-state index contributed by atoms with van der Waals surface area (Å²) in [5, 5.41) is 7.53. The van der Waals surface area contributed by atoms with Crippen LogP contribution in [0.4, 0.5) is 5.69 Å². The van der Waals surface area contributed by atoms with E-state index in [0.29, 0.717) is 6.42 Å². The van der Waals surface area contributed by atoms with Gasteiger partial charge in [0.05, 0.1) is 17.1 Å². The van der Waals surface area contributed by atoms with Gasteiger partial charge < -0.3 is 11.1 Å². The van der Waals surface area contributed by atoms with Gasteiger partial charge in [-0.1, -0.05) is 0 Å². The Morgan fingerprint density at radius 2 is 2.20 bits per heavy atom. The van der Waals surface area contributed by atoms with E-state index in [9.17, 15) is 4.79 Å². The number of hydrogen-bond donors (Lipinski definition) is 2. The van der Waals surface area contributed by atoms with E-state index >= 15 is 0 Å². The molecule has 1 heterocycles. The first-order valence-electron chi connectivity index (χ1n) is 4.97. The molecule has 0 spiro atoms. The van der Waals surface area contributed by atoms with E-state index in [0.717, 1.165) is 17.1 Å². The predicted molar refractivity (Wildman–Crippen MR) is 59.6 cm³/mol. The van der Waals surface area contributed by atoms with Crippen molar-refractivity contribution in [1.29, 1.82) is 0 Å². The monoisotopic (exact) mass is 210 g/mol. The lowest BCUT2D eigenvalue weighted by Crippen LogP contribution is -2.24. The van der Waals surface area contributed by atoms with Crippen LogP contribution in [0.25, 0.3) is 0 Å². The summed E-state index contributed by atoms with van der Waals surface area (Å²) in [6.07, 6.45) is 0.327. The van der Waals surface area contributed by atoms with Gasteiger partial charge in [-0.3, -0.25) is 9.48 Å². The van der Waals surface area contributed by atoms with Crippen LogP contribution in [-0.4, -0.2) is 21.7 Å². The van der Waals surface area contributed by atoms with E-state index < -0.39 is 0 Å². The molecule has 1 amide bonds. The summed E-state index contributed by atoms with van der Waals surface area (Å²) in [6, 6.07) is 0.0316. The van der Waals surface area contributed by atoms with Crippen LogP contribution < -0.4 is 11.1 Å². The van der Waals surface area contributed by atoms with Crippen molar-refractivity contribution in [3.8, 4) is 0 Å². The fraction of sp³-hybridized carbons (Fsp3) is 0.600. The summed E-state index contributed by atoms with van der Waals surface area (Å²) in [7, 11) is 1.90. The SMILES string of the molecule is Cc1nn(C)c(C)c1NC(C)CC(N)=O. The molecular weight excluding hydrogens is 192 g/mol. The number of rotatable bonds is 4. The molecule has 0 bridgehead atoms. The minimum absolute atomic E-state index is 0.0316. The maximum absolute atomic E-state index is 10.7. The number of carbonyl (C=O) groups is 1. The third kappa shape index (κ3) is 2.71. The van der Waals surface area contributed by atoms with Crippen LogP contribution in [0, 0.1) is 13.8 Å². The quantitative estimate of drug-likeness (QED) is 0.768. The van der Waals surface area contributed by atoms with Crippen LogP contribution in [0.15, 0.2) is 0 Å². The summed E-state index contributed by atoms with van der Waals surface area (Å²) in [4.78, 5) is 10.7. The predicted octanol–water partition coefficient (Wildman–Crippen LogP) is 0.713. The number of anilines is 1. The molecule has 0 saturated heterocycles. The molecule has 0 aliphatic carbocycles. The Kier molecular flexibility index (Phi) is 3.34. The van der Waals surface area contributed by atoms with E-state index in [1.165, 1.54) is 0 Å². The molecule has 0 aliphatic rings. The van der Waals surface area contributed by atoms with Crippen molar-refractivity contribution in [2.24, 2.45) is 12.8 Å². The zero-order valence-electron chi connectivity index (χ0n) is 9.66. The van der Waals surface area contributed by atoms with Crippen molar-refractivity contribution in [3.05, 3.63) is 11.4 Å². The van der Waals surface area contributed by atoms with Gasteiger partial charge in [-0.25, -0.2) is 0 Å². The largest absolute Gasteiger partial charge is 0.379 e. The number of primary amides is 1. The van der Waals surface area contributed by atoms with Crippen molar-refractivity contribution in [2.45, 2.75) is 33.2 Å². The Labute approximate surface area is 89.6 Å². The molecule has 0 aliphatic heterocycles. The van der Waals surface area contributed by atoms with Crippen LogP contribution in [0.5, 0.6) is 0 Å². The highest BCUT2D eigenvalue weighted by Gasteiger charge is 2.12. The molecule has 5 heteroatoms. The fourth-order valence-corrected chi connectivity index (χ4v) is 1.58. The highest BCUT2D eigenvalue weighted by atomic mass is 16.1. The zero-order chi connectivity index (χ0) is 11.6. The standard InChI is InChI=1S/C10H18N4O/c1-6(5-9(11)15)12-10-7(2)13-14(4)8(10)3/h6,12H,5H2,1-4H3,(H2,11,15). The Morgan fingerprint density at radius 3 is 2.60 bits per heavy atom. The lowest BCUT2D eigenvalue weighted by molar-refractivity contribution is -0.118. The topological polar surface area (TPSA) is 72.9 Å². The van der Waals surface area contributed by atoms with Gasteiger partial charge in [-0.2, -0.15) is 5.10 Å². The molecule has 1 atom stereocenters. The highest BCUT2D eigenvalue weighted by molar-refractivity contribution is 5.75. The van der Waals surface area contributed by atoms with Crippen LogP contribution >= 0.6 is 0 Å². The van der Waals surface area contributed by atoms with Gasteiger partial charge in [0.2, 0.25) is 5.91 Å². The molecule has 15 heavy (non-hydrogen) atoms. The van der Waals surface area contributed by atoms with Crippen molar-refractivity contribution in [1.82, 2.24) is 9.78 Å². The Balaban J connectivity index is 2.76. The second-order valence-electron chi connectivity index (χ2n) is 3.89. The average Bonchev–Trinajstić information content (AvgIpc) is 2.31. The Bertz CT molecular complexity index is 370. The van der Waals surface area contributed by atoms with Gasteiger partial charge >= 0.3 is 0 Å². The lowest BCUT2D eigenvalue weighted by Gasteiger charge is -2.13. The van der Waals surface area contributed by atoms with Crippen molar-refractivity contribution < 1.29 is 4.79 Å². The van der Waals surface area contributed by atoms with Crippen molar-refractivity contribution in [3.63, 3.8) is 0 Å². The summed E-state index contributed by atoms with van der Waals surface area (Å²) in [5.41, 5.74) is 8.12. The maximum Gasteiger partial charge on any atom is 0.219 e. The van der Waals surface area contributed by atoms with Crippen LogP contribution in [-0.2, 0) is 11.8 Å². The molecule has 0 aromatic carbocycles. The number of nitrogens with zero attached hydrogens (tertiary/aromatic N) is 2. The van der Waals surface area contributed by atoms with Crippen LogP contribution in [0.2, 0.25) is 0 Å². The van der Waals surface area contributed by atoms with E-state index in [2.05, 4.69) is 10.4 Å². The number of nitrogens with one attached hydrogen (secondary N) is 1. The molecule has 1 aromatic heterocycles. The van der Waals surface area contributed by atoms with Crippen molar-refractivity contribution in [2.75, 3.05) is 5.32 Å². The number of aromatic nitrogens is 2. The van der Waals surface area contributed by atoms with Crippen LogP contribution in [0.1, 0.15) is 24.7 Å².